The van der Waals surface area contributed by atoms with Crippen LogP contribution in [-0.2, 0) is 4.43 Å². The maximum absolute atomic E-state index is 8.33. The van der Waals surface area contributed by atoms with E-state index >= 15 is 0 Å². The number of hydrogen-bond acceptors (Lipinski definition) is 2. The lowest BCUT2D eigenvalue weighted by Crippen LogP contribution is -2.66. The summed E-state index contributed by atoms with van der Waals surface area (Å²) < 4.78 is 12.1. The van der Waals surface area contributed by atoms with Gasteiger partial charge in [-0.2, -0.15) is 0 Å². The van der Waals surface area contributed by atoms with Gasteiger partial charge >= 0.3 is 0 Å². The van der Waals surface area contributed by atoms with Crippen molar-refractivity contribution in [1.29, 1.82) is 0 Å². The van der Waals surface area contributed by atoms with Crippen molar-refractivity contribution >= 4 is 24.3 Å². The maximum atomic E-state index is 8.33. The van der Waals surface area contributed by atoms with E-state index in [1.54, 1.807) is 7.11 Å². The SMILES string of the molecule is [C]=C(C/C=C/CCO[Si](c1ccccc1)(c1ccccc1)C(C)(C)C)c1ccc(OC)cc1. The molecule has 0 aliphatic carbocycles. The normalized spacial score (nSPS) is 12.1. The van der Waals surface area contributed by atoms with E-state index in [1.165, 1.54) is 10.4 Å². The molecule has 0 amide bonds. The van der Waals surface area contributed by atoms with Crippen LogP contribution in [0.25, 0.3) is 5.57 Å². The Bertz CT molecular complexity index is 993. The van der Waals surface area contributed by atoms with E-state index in [2.05, 4.69) is 93.6 Å². The molecule has 0 saturated carbocycles. The molecule has 0 unspecified atom stereocenters. The number of ether oxygens (including phenoxy) is 1. The van der Waals surface area contributed by atoms with Gasteiger partial charge in [0.2, 0.25) is 0 Å². The number of benzene rings is 3. The first-order chi connectivity index (χ1) is 15.9. The average molecular weight is 455 g/mol. The Morgan fingerprint density at radius 2 is 1.36 bits per heavy atom. The number of rotatable bonds is 10. The highest BCUT2D eigenvalue weighted by Crippen LogP contribution is 2.36. The van der Waals surface area contributed by atoms with E-state index in [1.807, 2.05) is 24.3 Å². The minimum absolute atomic E-state index is 0.0179. The molecule has 0 spiro atoms. The second-order valence-electron chi connectivity index (χ2n) is 9.18. The molecule has 3 heteroatoms. The fourth-order valence-electron chi connectivity index (χ4n) is 4.27. The van der Waals surface area contributed by atoms with Crippen molar-refractivity contribution < 1.29 is 9.16 Å². The van der Waals surface area contributed by atoms with Crippen LogP contribution in [0, 0.1) is 6.58 Å². The summed E-state index contributed by atoms with van der Waals surface area (Å²) in [5.41, 5.74) is 1.52. The summed E-state index contributed by atoms with van der Waals surface area (Å²) in [4.78, 5) is 0. The molecule has 0 heterocycles. The molecule has 0 aromatic heterocycles. The zero-order valence-electron chi connectivity index (χ0n) is 20.2. The van der Waals surface area contributed by atoms with Gasteiger partial charge in [0, 0.05) is 6.61 Å². The summed E-state index contributed by atoms with van der Waals surface area (Å²) in [5.74, 6) is 0.808. The van der Waals surface area contributed by atoms with Gasteiger partial charge in [-0.1, -0.05) is 106 Å². The number of hydrogen-bond donors (Lipinski definition) is 0. The van der Waals surface area contributed by atoms with Crippen molar-refractivity contribution in [3.05, 3.63) is 109 Å². The van der Waals surface area contributed by atoms with Gasteiger partial charge in [-0.15, -0.1) is 0 Å². The van der Waals surface area contributed by atoms with Crippen LogP contribution >= 0.6 is 0 Å². The van der Waals surface area contributed by atoms with Crippen LogP contribution in [0.4, 0.5) is 0 Å². The highest BCUT2D eigenvalue weighted by molar-refractivity contribution is 6.99. The van der Waals surface area contributed by atoms with E-state index in [0.717, 1.165) is 17.7 Å². The molecule has 2 radical (unpaired) electrons. The van der Waals surface area contributed by atoms with Crippen LogP contribution in [0.3, 0.4) is 0 Å². The summed E-state index contributed by atoms with van der Waals surface area (Å²) in [7, 11) is -0.830. The molecule has 0 aliphatic rings. The Balaban J connectivity index is 1.69. The van der Waals surface area contributed by atoms with Gasteiger partial charge < -0.3 is 9.16 Å². The number of allylic oxidation sites excluding steroid dienone is 2. The van der Waals surface area contributed by atoms with Crippen molar-refractivity contribution in [1.82, 2.24) is 0 Å². The van der Waals surface area contributed by atoms with Crippen LogP contribution in [0.15, 0.2) is 97.1 Å². The van der Waals surface area contributed by atoms with Gasteiger partial charge in [0.15, 0.2) is 0 Å². The summed E-state index contributed by atoms with van der Waals surface area (Å²) in [5, 5.41) is 2.58. The van der Waals surface area contributed by atoms with Crippen molar-refractivity contribution in [2.24, 2.45) is 0 Å². The van der Waals surface area contributed by atoms with Gasteiger partial charge in [0.05, 0.1) is 7.11 Å². The van der Waals surface area contributed by atoms with Crippen LogP contribution in [-0.4, -0.2) is 22.0 Å². The Morgan fingerprint density at radius 3 is 1.85 bits per heavy atom. The molecule has 0 saturated heterocycles. The van der Waals surface area contributed by atoms with Crippen molar-refractivity contribution in [2.45, 2.75) is 38.7 Å². The van der Waals surface area contributed by atoms with E-state index < -0.39 is 8.32 Å². The molecule has 33 heavy (non-hydrogen) atoms. The molecule has 0 N–H and O–H groups in total. The fourth-order valence-corrected chi connectivity index (χ4v) is 8.85. The fraction of sp³-hybridized carbons (Fsp3) is 0.267. The molecule has 3 rings (SSSR count). The highest BCUT2D eigenvalue weighted by atomic mass is 28.4. The second kappa shape index (κ2) is 11.3. The minimum Gasteiger partial charge on any atom is -0.497 e. The Hall–Kier alpha value is -2.88. The first-order valence-electron chi connectivity index (χ1n) is 11.5. The van der Waals surface area contributed by atoms with Crippen molar-refractivity contribution in [2.75, 3.05) is 13.7 Å². The monoisotopic (exact) mass is 454 g/mol. The lowest BCUT2D eigenvalue weighted by molar-refractivity contribution is 0.304. The second-order valence-corrected chi connectivity index (χ2v) is 13.5. The maximum Gasteiger partial charge on any atom is 0.261 e. The molecule has 0 aliphatic heterocycles. The van der Waals surface area contributed by atoms with Crippen molar-refractivity contribution in [3.63, 3.8) is 0 Å². The third kappa shape index (κ3) is 5.92. The van der Waals surface area contributed by atoms with Crippen molar-refractivity contribution in [3.8, 4) is 5.75 Å². The zero-order chi connectivity index (χ0) is 23.7. The molecular formula is C30H34O2Si. The molecule has 2 nitrogen and oxygen atoms in total. The predicted octanol–water partition coefficient (Wildman–Crippen LogP) is 6.30. The largest absolute Gasteiger partial charge is 0.497 e. The quantitative estimate of drug-likeness (QED) is 0.203. The molecule has 0 bridgehead atoms. The standard InChI is InChI=1S/C30H34O2Si/c1-25(26-20-22-27(31-5)23-21-26)15-9-8-14-24-32-33(30(2,3)4,28-16-10-6-11-17-28)29-18-12-7-13-19-29/h6-13,16-23H,14-15,24H2,2-5H3/b9-8+. The van der Waals surface area contributed by atoms with E-state index in [9.17, 15) is 0 Å². The van der Waals surface area contributed by atoms with Crippen LogP contribution in [0.1, 0.15) is 39.2 Å². The van der Waals surface area contributed by atoms with E-state index in [0.29, 0.717) is 18.6 Å². The lowest BCUT2D eigenvalue weighted by atomic mass is 10.0. The first-order valence-corrected chi connectivity index (χ1v) is 13.4. The molecule has 0 fully saturated rings. The summed E-state index contributed by atoms with van der Waals surface area (Å²) >= 11 is 0. The highest BCUT2D eigenvalue weighted by Gasteiger charge is 2.49. The molecule has 3 aromatic carbocycles. The summed E-state index contributed by atoms with van der Waals surface area (Å²) in [6.45, 7) is 15.9. The third-order valence-electron chi connectivity index (χ3n) is 5.95. The topological polar surface area (TPSA) is 18.5 Å². The Kier molecular flexibility index (Phi) is 8.48. The van der Waals surface area contributed by atoms with Gasteiger partial charge in [-0.3, -0.25) is 0 Å². The third-order valence-corrected chi connectivity index (χ3v) is 11.0. The lowest BCUT2D eigenvalue weighted by Gasteiger charge is -2.43. The molecule has 170 valence electrons. The van der Waals surface area contributed by atoms with E-state index in [-0.39, 0.29) is 5.04 Å². The van der Waals surface area contributed by atoms with Crippen LogP contribution in [0.2, 0.25) is 5.04 Å². The molecular weight excluding hydrogens is 420 g/mol. The first kappa shape index (κ1) is 24.8. The average Bonchev–Trinajstić information content (AvgIpc) is 2.84. The van der Waals surface area contributed by atoms with Gasteiger partial charge in [-0.25, -0.2) is 0 Å². The van der Waals surface area contributed by atoms with Gasteiger partial charge in [0.25, 0.3) is 8.32 Å². The van der Waals surface area contributed by atoms with Gasteiger partial charge in [0.1, 0.15) is 5.75 Å². The molecule has 0 atom stereocenters. The Morgan fingerprint density at radius 1 is 0.818 bits per heavy atom. The van der Waals surface area contributed by atoms with Gasteiger partial charge in [-0.05, 0) is 58.1 Å². The molecule has 3 aromatic rings. The van der Waals surface area contributed by atoms with Crippen LogP contribution < -0.4 is 15.1 Å². The summed E-state index contributed by atoms with van der Waals surface area (Å²) in [6, 6.07) is 29.1. The van der Waals surface area contributed by atoms with Crippen LogP contribution in [0.5, 0.6) is 5.75 Å². The minimum atomic E-state index is -2.48. The number of methoxy groups -OCH3 is 1. The smallest absolute Gasteiger partial charge is 0.261 e. The van der Waals surface area contributed by atoms with E-state index in [4.69, 9.17) is 15.7 Å². The predicted molar refractivity (Wildman–Crippen MR) is 142 cm³/mol. The summed E-state index contributed by atoms with van der Waals surface area (Å²) in [6.07, 6.45) is 5.63. The Labute approximate surface area is 200 Å². The zero-order valence-corrected chi connectivity index (χ0v) is 21.2.